The van der Waals surface area contributed by atoms with E-state index in [0.29, 0.717) is 11.3 Å². The topological polar surface area (TPSA) is 79.2 Å². The minimum Gasteiger partial charge on any atom is -0.452 e. The van der Waals surface area contributed by atoms with E-state index in [2.05, 4.69) is 21.2 Å². The number of carbonyl (C=O) groups is 2. The number of aryl methyl sites for hydroxylation is 1. The molecule has 0 saturated carbocycles. The van der Waals surface area contributed by atoms with E-state index in [1.165, 1.54) is 6.08 Å². The number of nitrogens with one attached hydrogen (secondary N) is 1. The molecule has 0 heterocycles. The van der Waals surface area contributed by atoms with Crippen molar-refractivity contribution in [1.29, 1.82) is 5.26 Å². The van der Waals surface area contributed by atoms with Crippen LogP contribution in [0.5, 0.6) is 0 Å². The van der Waals surface area contributed by atoms with Crippen molar-refractivity contribution >= 4 is 39.6 Å². The SMILES string of the molecule is Cc1cc(NC(=O)COC(=O)/C=C/c2ccc(C#N)cc2)ccc1Br. The fourth-order valence-electron chi connectivity index (χ4n) is 1.94. The molecule has 6 heteroatoms. The van der Waals surface area contributed by atoms with Gasteiger partial charge in [-0.3, -0.25) is 4.79 Å². The lowest BCUT2D eigenvalue weighted by Crippen LogP contribution is -2.20. The van der Waals surface area contributed by atoms with Crippen LogP contribution in [-0.4, -0.2) is 18.5 Å². The number of carbonyl (C=O) groups excluding carboxylic acids is 2. The average Bonchev–Trinajstić information content (AvgIpc) is 2.61. The molecule has 0 unspecified atom stereocenters. The Bertz CT molecular complexity index is 852. The van der Waals surface area contributed by atoms with Crippen molar-refractivity contribution in [2.24, 2.45) is 0 Å². The highest BCUT2D eigenvalue weighted by Gasteiger charge is 2.06. The van der Waals surface area contributed by atoms with Crippen molar-refractivity contribution < 1.29 is 14.3 Å². The van der Waals surface area contributed by atoms with Crippen molar-refractivity contribution in [3.63, 3.8) is 0 Å². The van der Waals surface area contributed by atoms with Crippen molar-refractivity contribution in [2.45, 2.75) is 6.92 Å². The fraction of sp³-hybridized carbons (Fsp3) is 0.105. The van der Waals surface area contributed by atoms with Gasteiger partial charge in [0.05, 0.1) is 11.6 Å². The van der Waals surface area contributed by atoms with Gasteiger partial charge in [-0.25, -0.2) is 4.79 Å². The molecule has 0 aliphatic heterocycles. The van der Waals surface area contributed by atoms with Crippen LogP contribution in [0, 0.1) is 18.3 Å². The minimum absolute atomic E-state index is 0.369. The lowest BCUT2D eigenvalue weighted by molar-refractivity contribution is -0.142. The Morgan fingerprint density at radius 2 is 1.96 bits per heavy atom. The molecule has 0 aliphatic rings. The fourth-order valence-corrected chi connectivity index (χ4v) is 2.18. The average molecular weight is 399 g/mol. The summed E-state index contributed by atoms with van der Waals surface area (Å²) in [7, 11) is 0. The van der Waals surface area contributed by atoms with E-state index in [1.807, 2.05) is 25.1 Å². The Labute approximate surface area is 154 Å². The largest absolute Gasteiger partial charge is 0.452 e. The van der Waals surface area contributed by atoms with E-state index in [1.54, 1.807) is 36.4 Å². The molecule has 0 atom stereocenters. The summed E-state index contributed by atoms with van der Waals surface area (Å²) in [5.74, 6) is -1.03. The molecular formula is C19H15BrN2O3. The highest BCUT2D eigenvalue weighted by molar-refractivity contribution is 9.10. The molecule has 2 rings (SSSR count). The number of anilines is 1. The van der Waals surface area contributed by atoms with Gasteiger partial charge in [0.2, 0.25) is 0 Å². The molecule has 0 saturated heterocycles. The van der Waals surface area contributed by atoms with Gasteiger partial charge in [0, 0.05) is 16.2 Å². The number of benzene rings is 2. The smallest absolute Gasteiger partial charge is 0.331 e. The van der Waals surface area contributed by atoms with Gasteiger partial charge in [0.25, 0.3) is 5.91 Å². The number of hydrogen-bond donors (Lipinski definition) is 1. The lowest BCUT2D eigenvalue weighted by atomic mass is 10.1. The molecular weight excluding hydrogens is 384 g/mol. The van der Waals surface area contributed by atoms with Crippen molar-refractivity contribution in [2.75, 3.05) is 11.9 Å². The molecule has 1 N–H and O–H groups in total. The first-order chi connectivity index (χ1) is 12.0. The Balaban J connectivity index is 1.82. The second-order valence-electron chi connectivity index (χ2n) is 5.19. The number of hydrogen-bond acceptors (Lipinski definition) is 4. The standard InChI is InChI=1S/C19H15BrN2O3/c1-13-10-16(7-8-17(13)20)22-18(23)12-25-19(24)9-6-14-2-4-15(11-21)5-3-14/h2-10H,12H2,1H3,(H,22,23)/b9-6+. The number of nitriles is 1. The Kier molecular flexibility index (Phi) is 6.49. The van der Waals surface area contributed by atoms with Crippen LogP contribution in [0.3, 0.4) is 0 Å². The maximum absolute atomic E-state index is 11.8. The molecule has 0 aromatic heterocycles. The molecule has 126 valence electrons. The number of halogens is 1. The third kappa shape index (κ3) is 5.90. The second-order valence-corrected chi connectivity index (χ2v) is 6.04. The molecule has 25 heavy (non-hydrogen) atoms. The zero-order chi connectivity index (χ0) is 18.2. The van der Waals surface area contributed by atoms with Gasteiger partial charge in [-0.15, -0.1) is 0 Å². The van der Waals surface area contributed by atoms with Gasteiger partial charge in [-0.2, -0.15) is 5.26 Å². The summed E-state index contributed by atoms with van der Waals surface area (Å²) in [5, 5.41) is 11.4. The van der Waals surface area contributed by atoms with Gasteiger partial charge in [0.1, 0.15) is 0 Å². The second kappa shape index (κ2) is 8.81. The number of rotatable bonds is 5. The van der Waals surface area contributed by atoms with Crippen LogP contribution in [0.2, 0.25) is 0 Å². The maximum atomic E-state index is 11.8. The monoisotopic (exact) mass is 398 g/mol. The Morgan fingerprint density at radius 1 is 1.24 bits per heavy atom. The molecule has 5 nitrogen and oxygen atoms in total. The molecule has 2 aromatic carbocycles. The predicted octanol–water partition coefficient (Wildman–Crippen LogP) is 3.82. The number of amides is 1. The first kappa shape index (κ1) is 18.4. The summed E-state index contributed by atoms with van der Waals surface area (Å²) in [6.07, 6.45) is 2.79. The summed E-state index contributed by atoms with van der Waals surface area (Å²) >= 11 is 3.38. The zero-order valence-electron chi connectivity index (χ0n) is 13.5. The van der Waals surface area contributed by atoms with Gasteiger partial charge in [-0.05, 0) is 54.5 Å². The molecule has 0 aliphatic carbocycles. The van der Waals surface area contributed by atoms with E-state index < -0.39 is 11.9 Å². The van der Waals surface area contributed by atoms with Gasteiger partial charge < -0.3 is 10.1 Å². The van der Waals surface area contributed by atoms with Crippen LogP contribution in [0.1, 0.15) is 16.7 Å². The normalized spacial score (nSPS) is 10.3. The van der Waals surface area contributed by atoms with Gasteiger partial charge >= 0.3 is 5.97 Å². The number of nitrogens with zero attached hydrogens (tertiary/aromatic N) is 1. The summed E-state index contributed by atoms with van der Waals surface area (Å²) < 4.78 is 5.85. The molecule has 0 radical (unpaired) electrons. The van der Waals surface area contributed by atoms with Crippen LogP contribution in [0.15, 0.2) is 53.0 Å². The molecule has 2 aromatic rings. The van der Waals surface area contributed by atoms with E-state index in [4.69, 9.17) is 10.00 Å². The van der Waals surface area contributed by atoms with Crippen LogP contribution >= 0.6 is 15.9 Å². The van der Waals surface area contributed by atoms with Crippen LogP contribution in [0.25, 0.3) is 6.08 Å². The minimum atomic E-state index is -0.619. The quantitative estimate of drug-likeness (QED) is 0.612. The third-order valence-electron chi connectivity index (χ3n) is 3.24. The van der Waals surface area contributed by atoms with E-state index in [9.17, 15) is 9.59 Å². The molecule has 1 amide bonds. The predicted molar refractivity (Wildman–Crippen MR) is 98.7 cm³/mol. The van der Waals surface area contributed by atoms with E-state index in [-0.39, 0.29) is 6.61 Å². The first-order valence-electron chi connectivity index (χ1n) is 7.39. The zero-order valence-corrected chi connectivity index (χ0v) is 15.0. The lowest BCUT2D eigenvalue weighted by Gasteiger charge is -2.07. The molecule has 0 bridgehead atoms. The van der Waals surface area contributed by atoms with Crippen molar-refractivity contribution in [3.8, 4) is 6.07 Å². The van der Waals surface area contributed by atoms with Crippen molar-refractivity contribution in [1.82, 2.24) is 0 Å². The highest BCUT2D eigenvalue weighted by Crippen LogP contribution is 2.19. The summed E-state index contributed by atoms with van der Waals surface area (Å²) in [6.45, 7) is 1.54. The Hall–Kier alpha value is -2.91. The van der Waals surface area contributed by atoms with Crippen LogP contribution < -0.4 is 5.32 Å². The summed E-state index contributed by atoms with van der Waals surface area (Å²) in [5.41, 5.74) is 2.92. The Morgan fingerprint density at radius 3 is 2.60 bits per heavy atom. The third-order valence-corrected chi connectivity index (χ3v) is 4.13. The molecule has 0 spiro atoms. The highest BCUT2D eigenvalue weighted by atomic mass is 79.9. The maximum Gasteiger partial charge on any atom is 0.331 e. The number of ether oxygens (including phenoxy) is 1. The van der Waals surface area contributed by atoms with E-state index >= 15 is 0 Å². The van der Waals surface area contributed by atoms with Crippen molar-refractivity contribution in [3.05, 3.63) is 69.7 Å². The first-order valence-corrected chi connectivity index (χ1v) is 8.18. The van der Waals surface area contributed by atoms with Crippen LogP contribution in [-0.2, 0) is 14.3 Å². The van der Waals surface area contributed by atoms with Gasteiger partial charge in [0.15, 0.2) is 6.61 Å². The summed E-state index contributed by atoms with van der Waals surface area (Å²) in [4.78, 5) is 23.5. The van der Waals surface area contributed by atoms with E-state index in [0.717, 1.165) is 15.6 Å². The van der Waals surface area contributed by atoms with Crippen LogP contribution in [0.4, 0.5) is 5.69 Å². The van der Waals surface area contributed by atoms with Gasteiger partial charge in [-0.1, -0.05) is 28.1 Å². The number of esters is 1. The molecule has 0 fully saturated rings. The summed E-state index contributed by atoms with van der Waals surface area (Å²) in [6, 6.07) is 14.1.